The number of halogens is 1. The highest BCUT2D eigenvalue weighted by atomic mass is 19.1. The van der Waals surface area contributed by atoms with Gasteiger partial charge in [-0.1, -0.05) is 19.9 Å². The molecular formula is C17H26FNO3. The molecule has 4 nitrogen and oxygen atoms in total. The average molecular weight is 311 g/mol. The van der Waals surface area contributed by atoms with Crippen LogP contribution >= 0.6 is 0 Å². The molecule has 5 heteroatoms. The molecule has 2 N–H and O–H groups in total. The first-order chi connectivity index (χ1) is 10.2. The van der Waals surface area contributed by atoms with Crippen LogP contribution in [0, 0.1) is 18.7 Å². The van der Waals surface area contributed by atoms with E-state index in [4.69, 9.17) is 4.74 Å². The number of carbonyl (C=O) groups is 1. The van der Waals surface area contributed by atoms with E-state index in [2.05, 4.69) is 5.32 Å². The van der Waals surface area contributed by atoms with Crippen molar-refractivity contribution in [2.24, 2.45) is 5.92 Å². The fourth-order valence-corrected chi connectivity index (χ4v) is 2.22. The van der Waals surface area contributed by atoms with E-state index < -0.39 is 11.6 Å². The van der Waals surface area contributed by atoms with Crippen LogP contribution in [0.3, 0.4) is 0 Å². The number of hydrogen-bond acceptors (Lipinski definition) is 4. The molecule has 1 aromatic rings. The highest BCUT2D eigenvalue weighted by Gasteiger charge is 2.38. The molecular weight excluding hydrogens is 285 g/mol. The molecule has 0 aromatic heterocycles. The molecule has 0 aliphatic rings. The first kappa shape index (κ1) is 18.6. The lowest BCUT2D eigenvalue weighted by Gasteiger charge is -2.33. The molecule has 1 rings (SSSR count). The molecule has 0 amide bonds. The first-order valence-corrected chi connectivity index (χ1v) is 7.58. The van der Waals surface area contributed by atoms with Crippen molar-refractivity contribution in [2.45, 2.75) is 46.3 Å². The maximum absolute atomic E-state index is 13.1. The summed E-state index contributed by atoms with van der Waals surface area (Å²) in [7, 11) is 0. The number of benzene rings is 1. The van der Waals surface area contributed by atoms with Gasteiger partial charge in [0, 0.05) is 6.54 Å². The predicted octanol–water partition coefficient (Wildman–Crippen LogP) is 2.73. The van der Waals surface area contributed by atoms with Gasteiger partial charge >= 0.3 is 5.97 Å². The highest BCUT2D eigenvalue weighted by Crippen LogP contribution is 2.22. The summed E-state index contributed by atoms with van der Waals surface area (Å²) in [5.41, 5.74) is 0.436. The fourth-order valence-electron chi connectivity index (χ4n) is 2.22. The molecule has 22 heavy (non-hydrogen) atoms. The van der Waals surface area contributed by atoms with Crippen LogP contribution in [0.1, 0.15) is 44.9 Å². The van der Waals surface area contributed by atoms with E-state index in [-0.39, 0.29) is 24.2 Å². The summed E-state index contributed by atoms with van der Waals surface area (Å²) in [5.74, 6) is -0.680. The molecule has 2 unspecified atom stereocenters. The molecule has 0 heterocycles. The molecule has 0 saturated carbocycles. The van der Waals surface area contributed by atoms with Crippen LogP contribution in [-0.4, -0.2) is 29.8 Å². The number of aliphatic hydroxyl groups excluding tert-OH is 1. The van der Waals surface area contributed by atoms with Crippen LogP contribution in [0.15, 0.2) is 18.2 Å². The van der Waals surface area contributed by atoms with Gasteiger partial charge < -0.3 is 9.84 Å². The minimum Gasteiger partial charge on any atom is -0.465 e. The number of aliphatic hydroxyl groups is 1. The van der Waals surface area contributed by atoms with Gasteiger partial charge in [0.1, 0.15) is 11.4 Å². The number of nitrogens with one attached hydrogen (secondary N) is 1. The second-order valence-corrected chi connectivity index (χ2v) is 5.98. The number of carbonyl (C=O) groups excluding carboxylic acids is 1. The van der Waals surface area contributed by atoms with Gasteiger partial charge in [-0.05, 0) is 49.9 Å². The van der Waals surface area contributed by atoms with Crippen molar-refractivity contribution in [2.75, 3.05) is 13.2 Å². The van der Waals surface area contributed by atoms with Gasteiger partial charge in [0.25, 0.3) is 0 Å². The molecule has 1 aromatic carbocycles. The Balaban J connectivity index is 2.82. The highest BCUT2D eigenvalue weighted by molar-refractivity contribution is 5.80. The van der Waals surface area contributed by atoms with Crippen molar-refractivity contribution < 1.29 is 19.0 Å². The minimum atomic E-state index is -0.884. The lowest BCUT2D eigenvalue weighted by atomic mass is 9.88. The maximum Gasteiger partial charge on any atom is 0.326 e. The Morgan fingerprint density at radius 2 is 2.09 bits per heavy atom. The van der Waals surface area contributed by atoms with E-state index in [0.717, 1.165) is 0 Å². The second kappa shape index (κ2) is 7.70. The molecule has 0 bridgehead atoms. The van der Waals surface area contributed by atoms with Crippen LogP contribution in [0.5, 0.6) is 0 Å². The predicted molar refractivity (Wildman–Crippen MR) is 84.0 cm³/mol. The zero-order valence-electron chi connectivity index (χ0n) is 13.9. The Morgan fingerprint density at radius 1 is 1.45 bits per heavy atom. The van der Waals surface area contributed by atoms with E-state index in [9.17, 15) is 14.3 Å². The molecule has 2 atom stereocenters. The summed E-state index contributed by atoms with van der Waals surface area (Å²) in [6.07, 6.45) is -0.826. The molecule has 0 aliphatic carbocycles. The van der Waals surface area contributed by atoms with E-state index in [1.165, 1.54) is 12.1 Å². The van der Waals surface area contributed by atoms with Crippen LogP contribution in [0.4, 0.5) is 4.39 Å². The Kier molecular flexibility index (Phi) is 6.50. The molecule has 124 valence electrons. The summed E-state index contributed by atoms with van der Waals surface area (Å²) in [6, 6.07) is 4.26. The SMILES string of the molecule is CCOC(=O)C(C)(NCC(O)c1ccc(F)cc1C)C(C)C. The Morgan fingerprint density at radius 3 is 2.59 bits per heavy atom. The quantitative estimate of drug-likeness (QED) is 0.760. The van der Waals surface area contributed by atoms with Gasteiger partial charge in [0.2, 0.25) is 0 Å². The van der Waals surface area contributed by atoms with Crippen molar-refractivity contribution >= 4 is 5.97 Å². The van der Waals surface area contributed by atoms with Crippen molar-refractivity contribution in [3.05, 3.63) is 35.1 Å². The average Bonchev–Trinajstić information content (AvgIpc) is 2.44. The van der Waals surface area contributed by atoms with Gasteiger partial charge in [-0.25, -0.2) is 4.39 Å². The largest absolute Gasteiger partial charge is 0.465 e. The third kappa shape index (κ3) is 4.27. The molecule has 0 radical (unpaired) electrons. The minimum absolute atomic E-state index is 0.00642. The standard InChI is InChI=1S/C17H26FNO3/c1-6-22-16(21)17(5,11(2)3)19-10-15(20)14-8-7-13(18)9-12(14)4/h7-9,11,15,19-20H,6,10H2,1-5H3. The number of esters is 1. The lowest BCUT2D eigenvalue weighted by molar-refractivity contribution is -0.152. The van der Waals surface area contributed by atoms with E-state index in [1.807, 2.05) is 13.8 Å². The van der Waals surface area contributed by atoms with Crippen molar-refractivity contribution in [3.8, 4) is 0 Å². The van der Waals surface area contributed by atoms with Gasteiger partial charge in [-0.15, -0.1) is 0 Å². The smallest absolute Gasteiger partial charge is 0.326 e. The van der Waals surface area contributed by atoms with Gasteiger partial charge in [-0.3, -0.25) is 10.1 Å². The molecule has 0 spiro atoms. The van der Waals surface area contributed by atoms with Crippen LogP contribution in [0.25, 0.3) is 0 Å². The summed E-state index contributed by atoms with van der Waals surface area (Å²) in [4.78, 5) is 12.2. The maximum atomic E-state index is 13.1. The first-order valence-electron chi connectivity index (χ1n) is 7.58. The van der Waals surface area contributed by atoms with Crippen LogP contribution < -0.4 is 5.32 Å². The number of rotatable bonds is 7. The second-order valence-electron chi connectivity index (χ2n) is 5.98. The van der Waals surface area contributed by atoms with Crippen LogP contribution in [-0.2, 0) is 9.53 Å². The summed E-state index contributed by atoms with van der Waals surface area (Å²) in [5, 5.41) is 13.4. The summed E-state index contributed by atoms with van der Waals surface area (Å²) < 4.78 is 18.2. The van der Waals surface area contributed by atoms with E-state index in [1.54, 1.807) is 26.8 Å². The fraction of sp³-hybridized carbons (Fsp3) is 0.588. The van der Waals surface area contributed by atoms with Gasteiger partial charge in [-0.2, -0.15) is 0 Å². The monoisotopic (exact) mass is 311 g/mol. The lowest BCUT2D eigenvalue weighted by Crippen LogP contribution is -2.55. The summed E-state index contributed by atoms with van der Waals surface area (Å²) in [6.45, 7) is 9.59. The van der Waals surface area contributed by atoms with Crippen molar-refractivity contribution in [1.82, 2.24) is 5.32 Å². The normalized spacial score (nSPS) is 15.5. The zero-order valence-corrected chi connectivity index (χ0v) is 13.9. The number of aryl methyl sites for hydroxylation is 1. The van der Waals surface area contributed by atoms with Crippen molar-refractivity contribution in [1.29, 1.82) is 0 Å². The number of hydrogen-bond donors (Lipinski definition) is 2. The van der Waals surface area contributed by atoms with Crippen molar-refractivity contribution in [3.63, 3.8) is 0 Å². The summed E-state index contributed by atoms with van der Waals surface area (Å²) >= 11 is 0. The zero-order chi connectivity index (χ0) is 16.9. The number of ether oxygens (including phenoxy) is 1. The molecule has 0 fully saturated rings. The Bertz CT molecular complexity index is 519. The molecule has 0 saturated heterocycles. The van der Waals surface area contributed by atoms with Crippen LogP contribution in [0.2, 0.25) is 0 Å². The Labute approximate surface area is 131 Å². The third-order valence-corrected chi connectivity index (χ3v) is 4.11. The van der Waals surface area contributed by atoms with E-state index in [0.29, 0.717) is 17.7 Å². The third-order valence-electron chi connectivity index (χ3n) is 4.11. The van der Waals surface area contributed by atoms with Gasteiger partial charge in [0.15, 0.2) is 0 Å². The Hall–Kier alpha value is -1.46. The topological polar surface area (TPSA) is 58.6 Å². The molecule has 0 aliphatic heterocycles. The number of β-amino-alcohol motifs (C(OH)–C–C–N with tert-alkyl or cyclic N) is 1. The van der Waals surface area contributed by atoms with Gasteiger partial charge in [0.05, 0.1) is 12.7 Å². The van der Waals surface area contributed by atoms with E-state index >= 15 is 0 Å².